The molecule has 0 spiro atoms. The minimum atomic E-state index is -0.770. The summed E-state index contributed by atoms with van der Waals surface area (Å²) in [6.45, 7) is 0. The van der Waals surface area contributed by atoms with Gasteiger partial charge in [-0.15, -0.1) is 0 Å². The minimum absolute atomic E-state index is 0.101. The smallest absolute Gasteiger partial charge is 0.234 e. The van der Waals surface area contributed by atoms with Crippen molar-refractivity contribution < 1.29 is 18.8 Å². The summed E-state index contributed by atoms with van der Waals surface area (Å²) in [4.78, 5) is 38.5. The van der Waals surface area contributed by atoms with Crippen LogP contribution in [0.2, 0.25) is 0 Å². The van der Waals surface area contributed by atoms with E-state index in [0.29, 0.717) is 5.56 Å². The van der Waals surface area contributed by atoms with E-state index in [1.54, 1.807) is 0 Å². The van der Waals surface area contributed by atoms with Crippen LogP contribution in [0.25, 0.3) is 0 Å². The Morgan fingerprint density at radius 3 is 2.17 bits per heavy atom. The zero-order valence-corrected chi connectivity index (χ0v) is 12.9. The summed E-state index contributed by atoms with van der Waals surface area (Å²) in [5, 5.41) is 0. The molecule has 0 aromatic heterocycles. The number of rotatable bonds is 4. The topological polar surface area (TPSA) is 80.5 Å². The van der Waals surface area contributed by atoms with Crippen LogP contribution in [0.5, 0.6) is 0 Å². The lowest BCUT2D eigenvalue weighted by Crippen LogP contribution is -2.38. The first kappa shape index (κ1) is 15.1. The van der Waals surface area contributed by atoms with E-state index in [9.17, 15) is 18.8 Å². The van der Waals surface area contributed by atoms with Gasteiger partial charge >= 0.3 is 0 Å². The number of halogens is 1. The quantitative estimate of drug-likeness (QED) is 0.672. The third-order valence-corrected chi connectivity index (χ3v) is 5.47. The molecule has 1 aromatic rings. The fourth-order valence-electron chi connectivity index (χ4n) is 4.47. The van der Waals surface area contributed by atoms with Crippen LogP contribution >= 0.6 is 0 Å². The number of likely N-dealkylation sites (tertiary alicyclic amines) is 1. The van der Waals surface area contributed by atoms with E-state index in [1.165, 1.54) is 29.2 Å². The van der Waals surface area contributed by atoms with Crippen molar-refractivity contribution in [2.24, 2.45) is 29.4 Å². The van der Waals surface area contributed by atoms with E-state index in [-0.39, 0.29) is 41.9 Å². The first-order valence-electron chi connectivity index (χ1n) is 8.06. The van der Waals surface area contributed by atoms with Crippen molar-refractivity contribution >= 4 is 17.7 Å². The third kappa shape index (κ3) is 2.09. The Hall–Kier alpha value is -2.50. The van der Waals surface area contributed by atoms with Gasteiger partial charge in [-0.3, -0.25) is 19.3 Å². The summed E-state index contributed by atoms with van der Waals surface area (Å²) < 4.78 is 13.2. The summed E-state index contributed by atoms with van der Waals surface area (Å²) in [6.07, 6.45) is 4.71. The molecule has 1 saturated carbocycles. The number of fused-ring (bicyclic) bond motifs is 5. The van der Waals surface area contributed by atoms with Gasteiger partial charge in [-0.1, -0.05) is 24.3 Å². The fourth-order valence-corrected chi connectivity index (χ4v) is 4.47. The SMILES string of the molecule is NC(=O)CC(c1ccc(F)cc1)N1C(=O)C2C3C=CC(C3)C2C1=O. The average Bonchev–Trinajstić information content (AvgIpc) is 3.20. The maximum atomic E-state index is 13.2. The second kappa shape index (κ2) is 5.26. The van der Waals surface area contributed by atoms with E-state index >= 15 is 0 Å². The monoisotopic (exact) mass is 328 g/mol. The molecule has 5 unspecified atom stereocenters. The Labute approximate surface area is 138 Å². The molecule has 6 heteroatoms. The molecule has 2 fully saturated rings. The van der Waals surface area contributed by atoms with E-state index in [2.05, 4.69) is 0 Å². The van der Waals surface area contributed by atoms with E-state index < -0.39 is 17.8 Å². The lowest BCUT2D eigenvalue weighted by atomic mass is 9.85. The summed E-state index contributed by atoms with van der Waals surface area (Å²) >= 11 is 0. The van der Waals surface area contributed by atoms with Gasteiger partial charge in [0.2, 0.25) is 17.7 Å². The molecule has 1 aliphatic heterocycles. The number of allylic oxidation sites excluding steroid dienone is 2. The molecule has 4 rings (SSSR count). The molecular formula is C18H17FN2O3. The molecule has 1 saturated heterocycles. The fraction of sp³-hybridized carbons (Fsp3) is 0.389. The molecule has 2 N–H and O–H groups in total. The van der Waals surface area contributed by atoms with Crippen molar-refractivity contribution in [1.29, 1.82) is 0 Å². The molecule has 1 aromatic carbocycles. The van der Waals surface area contributed by atoms with Crippen LogP contribution in [0.4, 0.5) is 4.39 Å². The molecule has 3 amide bonds. The predicted molar refractivity (Wildman–Crippen MR) is 82.5 cm³/mol. The zero-order valence-electron chi connectivity index (χ0n) is 12.9. The van der Waals surface area contributed by atoms with Crippen molar-refractivity contribution in [2.75, 3.05) is 0 Å². The number of carbonyl (C=O) groups excluding carboxylic acids is 3. The predicted octanol–water partition coefficient (Wildman–Crippen LogP) is 1.55. The second-order valence-electron chi connectivity index (χ2n) is 6.78. The first-order valence-corrected chi connectivity index (χ1v) is 8.06. The number of imide groups is 1. The lowest BCUT2D eigenvalue weighted by molar-refractivity contribution is -0.144. The van der Waals surface area contributed by atoms with Crippen molar-refractivity contribution in [1.82, 2.24) is 4.90 Å². The summed E-state index contributed by atoms with van der Waals surface area (Å²) in [6, 6.07) is 4.71. The Bertz CT molecular complexity index is 728. The molecule has 0 radical (unpaired) electrons. The second-order valence-corrected chi connectivity index (χ2v) is 6.78. The van der Waals surface area contributed by atoms with Crippen LogP contribution in [0.3, 0.4) is 0 Å². The highest BCUT2D eigenvalue weighted by Gasteiger charge is 2.60. The van der Waals surface area contributed by atoms with Gasteiger partial charge in [0.15, 0.2) is 0 Å². The van der Waals surface area contributed by atoms with Crippen molar-refractivity contribution in [3.05, 3.63) is 47.8 Å². The van der Waals surface area contributed by atoms with Crippen molar-refractivity contribution in [3.8, 4) is 0 Å². The largest absolute Gasteiger partial charge is 0.370 e. The van der Waals surface area contributed by atoms with Gasteiger partial charge < -0.3 is 5.73 Å². The Morgan fingerprint density at radius 1 is 1.12 bits per heavy atom. The lowest BCUT2D eigenvalue weighted by Gasteiger charge is -2.27. The van der Waals surface area contributed by atoms with Crippen LogP contribution in [0, 0.1) is 29.5 Å². The van der Waals surface area contributed by atoms with Gasteiger partial charge in [-0.2, -0.15) is 0 Å². The Balaban J connectivity index is 1.71. The number of primary amides is 1. The number of carbonyl (C=O) groups is 3. The molecule has 2 aliphatic carbocycles. The highest BCUT2D eigenvalue weighted by atomic mass is 19.1. The molecule has 24 heavy (non-hydrogen) atoms. The number of hydrogen-bond donors (Lipinski definition) is 1. The van der Waals surface area contributed by atoms with Gasteiger partial charge in [0, 0.05) is 0 Å². The van der Waals surface area contributed by atoms with Gasteiger partial charge in [0.1, 0.15) is 5.82 Å². The average molecular weight is 328 g/mol. The van der Waals surface area contributed by atoms with Crippen LogP contribution < -0.4 is 5.73 Å². The molecular weight excluding hydrogens is 311 g/mol. The minimum Gasteiger partial charge on any atom is -0.370 e. The highest BCUT2D eigenvalue weighted by molar-refractivity contribution is 6.07. The first-order chi connectivity index (χ1) is 11.5. The van der Waals surface area contributed by atoms with Crippen molar-refractivity contribution in [3.63, 3.8) is 0 Å². The zero-order chi connectivity index (χ0) is 17.0. The molecule has 5 atom stereocenters. The molecule has 1 heterocycles. The maximum Gasteiger partial charge on any atom is 0.234 e. The standard InChI is InChI=1S/C18H17FN2O3/c19-12-5-3-9(4-6-12)13(8-14(20)22)21-17(23)15-10-1-2-11(7-10)16(15)18(21)24/h1-6,10-11,13,15-16H,7-8H2,(H2,20,22). The number of nitrogens with two attached hydrogens (primary N) is 1. The van der Waals surface area contributed by atoms with Gasteiger partial charge in [0.25, 0.3) is 0 Å². The molecule has 2 bridgehead atoms. The Kier molecular flexibility index (Phi) is 3.30. The van der Waals surface area contributed by atoms with Crippen LogP contribution in [-0.2, 0) is 14.4 Å². The van der Waals surface area contributed by atoms with Crippen LogP contribution in [0.1, 0.15) is 24.4 Å². The van der Waals surface area contributed by atoms with E-state index in [4.69, 9.17) is 5.73 Å². The number of hydrogen-bond acceptors (Lipinski definition) is 3. The Morgan fingerprint density at radius 2 is 1.67 bits per heavy atom. The maximum absolute atomic E-state index is 13.2. The number of benzene rings is 1. The molecule has 5 nitrogen and oxygen atoms in total. The third-order valence-electron chi connectivity index (χ3n) is 5.47. The van der Waals surface area contributed by atoms with E-state index in [0.717, 1.165) is 6.42 Å². The number of nitrogens with zero attached hydrogens (tertiary/aromatic N) is 1. The van der Waals surface area contributed by atoms with Crippen LogP contribution in [-0.4, -0.2) is 22.6 Å². The van der Waals surface area contributed by atoms with Gasteiger partial charge in [-0.25, -0.2) is 4.39 Å². The van der Waals surface area contributed by atoms with Crippen molar-refractivity contribution in [2.45, 2.75) is 18.9 Å². The highest BCUT2D eigenvalue weighted by Crippen LogP contribution is 2.54. The normalized spacial score (nSPS) is 31.6. The molecule has 124 valence electrons. The number of amides is 3. The summed E-state index contributed by atoms with van der Waals surface area (Å²) in [7, 11) is 0. The van der Waals surface area contributed by atoms with Gasteiger partial charge in [0.05, 0.1) is 24.3 Å². The van der Waals surface area contributed by atoms with Crippen LogP contribution in [0.15, 0.2) is 36.4 Å². The summed E-state index contributed by atoms with van der Waals surface area (Å²) in [5.74, 6) is -1.97. The van der Waals surface area contributed by atoms with Gasteiger partial charge in [-0.05, 0) is 36.0 Å². The summed E-state index contributed by atoms with van der Waals surface area (Å²) in [5.41, 5.74) is 5.87. The van der Waals surface area contributed by atoms with E-state index in [1.807, 2.05) is 12.2 Å². The molecule has 3 aliphatic rings.